The van der Waals surface area contributed by atoms with Gasteiger partial charge >= 0.3 is 0 Å². The van der Waals surface area contributed by atoms with Crippen molar-refractivity contribution >= 4 is 11.6 Å². The number of hydrogen-bond acceptors (Lipinski definition) is 3. The summed E-state index contributed by atoms with van der Waals surface area (Å²) in [5.41, 5.74) is 3.43. The van der Waals surface area contributed by atoms with Gasteiger partial charge in [-0.1, -0.05) is 24.3 Å². The Labute approximate surface area is 143 Å². The van der Waals surface area contributed by atoms with E-state index < -0.39 is 0 Å². The summed E-state index contributed by atoms with van der Waals surface area (Å²) in [6, 6.07) is 16.1. The third kappa shape index (κ3) is 3.77. The molecule has 0 spiro atoms. The van der Waals surface area contributed by atoms with E-state index in [-0.39, 0.29) is 11.9 Å². The summed E-state index contributed by atoms with van der Waals surface area (Å²) in [5.74, 6) is 0.851. The maximum Gasteiger partial charge on any atom is 0.226 e. The molecule has 0 radical (unpaired) electrons. The standard InChI is InChI=1S/C20H24N2O2/c1-3-24-17-10-8-16(9-11-17)21-20(23)14-19-18-7-5-4-6-15(18)12-13-22(19)2/h4-11,19H,3,12-14H2,1-2H3,(H,21,23). The predicted octanol–water partition coefficient (Wildman–Crippen LogP) is 3.64. The molecule has 1 unspecified atom stereocenters. The summed E-state index contributed by atoms with van der Waals surface area (Å²) in [6.07, 6.45) is 1.50. The zero-order valence-corrected chi connectivity index (χ0v) is 14.3. The number of fused-ring (bicyclic) bond motifs is 1. The molecule has 0 aromatic heterocycles. The normalized spacial score (nSPS) is 17.2. The Morgan fingerprint density at radius 2 is 1.96 bits per heavy atom. The Hall–Kier alpha value is -2.33. The lowest BCUT2D eigenvalue weighted by Gasteiger charge is -2.34. The molecule has 1 aliphatic rings. The summed E-state index contributed by atoms with van der Waals surface area (Å²) in [5, 5.41) is 2.99. The molecule has 2 aromatic rings. The number of anilines is 1. The van der Waals surface area contributed by atoms with Gasteiger partial charge in [0.05, 0.1) is 6.61 Å². The van der Waals surface area contributed by atoms with Crippen molar-refractivity contribution in [3.05, 3.63) is 59.7 Å². The van der Waals surface area contributed by atoms with E-state index in [9.17, 15) is 4.79 Å². The van der Waals surface area contributed by atoms with Gasteiger partial charge < -0.3 is 10.1 Å². The van der Waals surface area contributed by atoms with Gasteiger partial charge in [0.25, 0.3) is 0 Å². The zero-order chi connectivity index (χ0) is 16.9. The second kappa shape index (κ2) is 7.49. The lowest BCUT2D eigenvalue weighted by Crippen LogP contribution is -2.34. The lowest BCUT2D eigenvalue weighted by molar-refractivity contribution is -0.117. The minimum absolute atomic E-state index is 0.0349. The van der Waals surface area contributed by atoms with Crippen LogP contribution in [0.25, 0.3) is 0 Å². The Kier molecular flexibility index (Phi) is 5.16. The molecule has 0 saturated heterocycles. The maximum atomic E-state index is 12.5. The van der Waals surface area contributed by atoms with E-state index in [0.29, 0.717) is 13.0 Å². The largest absolute Gasteiger partial charge is 0.494 e. The van der Waals surface area contributed by atoms with Gasteiger partial charge in [-0.2, -0.15) is 0 Å². The number of benzene rings is 2. The fourth-order valence-corrected chi connectivity index (χ4v) is 3.23. The van der Waals surface area contributed by atoms with Gasteiger partial charge in [-0.05, 0) is 55.8 Å². The van der Waals surface area contributed by atoms with E-state index in [1.165, 1.54) is 11.1 Å². The molecule has 4 heteroatoms. The first-order valence-corrected chi connectivity index (χ1v) is 8.48. The number of nitrogens with one attached hydrogen (secondary N) is 1. The summed E-state index contributed by atoms with van der Waals surface area (Å²) < 4.78 is 5.42. The van der Waals surface area contributed by atoms with Crippen molar-refractivity contribution in [1.29, 1.82) is 0 Å². The average Bonchev–Trinajstić information content (AvgIpc) is 2.59. The molecular formula is C20H24N2O2. The van der Waals surface area contributed by atoms with E-state index in [1.807, 2.05) is 31.2 Å². The molecule has 24 heavy (non-hydrogen) atoms. The Morgan fingerprint density at radius 1 is 1.21 bits per heavy atom. The monoisotopic (exact) mass is 324 g/mol. The molecule has 1 aliphatic heterocycles. The summed E-state index contributed by atoms with van der Waals surface area (Å²) in [6.45, 7) is 3.57. The fourth-order valence-electron chi connectivity index (χ4n) is 3.23. The van der Waals surface area contributed by atoms with Crippen molar-refractivity contribution < 1.29 is 9.53 Å². The number of amides is 1. The molecule has 126 valence electrons. The first-order chi connectivity index (χ1) is 11.7. The van der Waals surface area contributed by atoms with Crippen LogP contribution in [0.2, 0.25) is 0 Å². The highest BCUT2D eigenvalue weighted by molar-refractivity contribution is 5.91. The van der Waals surface area contributed by atoms with Crippen LogP contribution in [0.5, 0.6) is 5.75 Å². The molecule has 1 heterocycles. The molecule has 0 bridgehead atoms. The van der Waals surface area contributed by atoms with Crippen molar-refractivity contribution in [1.82, 2.24) is 4.90 Å². The van der Waals surface area contributed by atoms with Crippen LogP contribution in [0, 0.1) is 0 Å². The van der Waals surface area contributed by atoms with Gasteiger partial charge in [0.1, 0.15) is 5.75 Å². The Morgan fingerprint density at radius 3 is 2.71 bits per heavy atom. The van der Waals surface area contributed by atoms with Crippen LogP contribution >= 0.6 is 0 Å². The highest BCUT2D eigenvalue weighted by atomic mass is 16.5. The summed E-state index contributed by atoms with van der Waals surface area (Å²) in [7, 11) is 2.09. The molecule has 1 N–H and O–H groups in total. The van der Waals surface area contributed by atoms with Crippen molar-refractivity contribution in [3.8, 4) is 5.75 Å². The molecule has 1 amide bonds. The highest BCUT2D eigenvalue weighted by Crippen LogP contribution is 2.31. The van der Waals surface area contributed by atoms with Crippen LogP contribution < -0.4 is 10.1 Å². The average molecular weight is 324 g/mol. The molecule has 0 saturated carbocycles. The van der Waals surface area contributed by atoms with Crippen molar-refractivity contribution in [2.45, 2.75) is 25.8 Å². The molecule has 0 fully saturated rings. The van der Waals surface area contributed by atoms with Crippen LogP contribution in [0.1, 0.15) is 30.5 Å². The number of nitrogens with zero attached hydrogens (tertiary/aromatic N) is 1. The molecule has 0 aliphatic carbocycles. The van der Waals surface area contributed by atoms with E-state index in [2.05, 4.69) is 41.5 Å². The van der Waals surface area contributed by atoms with Crippen molar-refractivity contribution in [2.75, 3.05) is 25.5 Å². The molecule has 3 rings (SSSR count). The van der Waals surface area contributed by atoms with Crippen molar-refractivity contribution in [3.63, 3.8) is 0 Å². The van der Waals surface area contributed by atoms with E-state index in [1.54, 1.807) is 0 Å². The number of rotatable bonds is 5. The van der Waals surface area contributed by atoms with Crippen LogP contribution in [-0.4, -0.2) is 31.0 Å². The first-order valence-electron chi connectivity index (χ1n) is 8.48. The second-order valence-electron chi connectivity index (χ2n) is 6.15. The zero-order valence-electron chi connectivity index (χ0n) is 14.3. The fraction of sp³-hybridized carbons (Fsp3) is 0.350. The highest BCUT2D eigenvalue weighted by Gasteiger charge is 2.26. The molecule has 2 aromatic carbocycles. The van der Waals surface area contributed by atoms with Gasteiger partial charge in [-0.15, -0.1) is 0 Å². The van der Waals surface area contributed by atoms with Crippen LogP contribution in [0.4, 0.5) is 5.69 Å². The van der Waals surface area contributed by atoms with Crippen molar-refractivity contribution in [2.24, 2.45) is 0 Å². The SMILES string of the molecule is CCOc1ccc(NC(=O)CC2c3ccccc3CCN2C)cc1. The van der Waals surface area contributed by atoms with Crippen LogP contribution in [0.3, 0.4) is 0 Å². The molecule has 1 atom stereocenters. The van der Waals surface area contributed by atoms with Gasteiger partial charge in [-0.3, -0.25) is 9.69 Å². The smallest absolute Gasteiger partial charge is 0.226 e. The Balaban J connectivity index is 1.66. The van der Waals surface area contributed by atoms with E-state index >= 15 is 0 Å². The minimum Gasteiger partial charge on any atom is -0.494 e. The first kappa shape index (κ1) is 16.5. The topological polar surface area (TPSA) is 41.6 Å². The third-order valence-electron chi connectivity index (χ3n) is 4.51. The van der Waals surface area contributed by atoms with Crippen LogP contribution in [-0.2, 0) is 11.2 Å². The second-order valence-corrected chi connectivity index (χ2v) is 6.15. The number of likely N-dealkylation sites (N-methyl/N-ethyl adjacent to an activating group) is 1. The van der Waals surface area contributed by atoms with Crippen LogP contribution in [0.15, 0.2) is 48.5 Å². The summed E-state index contributed by atoms with van der Waals surface area (Å²) >= 11 is 0. The number of carbonyl (C=O) groups excluding carboxylic acids is 1. The lowest BCUT2D eigenvalue weighted by atomic mass is 9.91. The number of ether oxygens (including phenoxy) is 1. The van der Waals surface area contributed by atoms with Gasteiger partial charge in [-0.25, -0.2) is 0 Å². The third-order valence-corrected chi connectivity index (χ3v) is 4.51. The van der Waals surface area contributed by atoms with Gasteiger partial charge in [0.2, 0.25) is 5.91 Å². The summed E-state index contributed by atoms with van der Waals surface area (Å²) in [4.78, 5) is 14.7. The maximum absolute atomic E-state index is 12.5. The predicted molar refractivity (Wildman–Crippen MR) is 96.4 cm³/mol. The van der Waals surface area contributed by atoms with E-state index in [4.69, 9.17) is 4.74 Å². The number of carbonyl (C=O) groups is 1. The van der Waals surface area contributed by atoms with Gasteiger partial charge in [0, 0.05) is 24.7 Å². The minimum atomic E-state index is 0.0349. The quantitative estimate of drug-likeness (QED) is 0.913. The molecular weight excluding hydrogens is 300 g/mol. The Bertz CT molecular complexity index is 697. The van der Waals surface area contributed by atoms with Gasteiger partial charge in [0.15, 0.2) is 0 Å². The number of hydrogen-bond donors (Lipinski definition) is 1. The molecule has 4 nitrogen and oxygen atoms in total. The van der Waals surface area contributed by atoms with E-state index in [0.717, 1.165) is 24.4 Å².